The van der Waals surface area contributed by atoms with Crippen molar-refractivity contribution in [2.75, 3.05) is 0 Å². The number of fused-ring (bicyclic) bond motifs is 12. The quantitative estimate of drug-likeness (QED) is 0.0714. The number of rotatable bonds is 10. The van der Waals surface area contributed by atoms with Crippen molar-refractivity contribution in [1.29, 1.82) is 10.5 Å². The van der Waals surface area contributed by atoms with Crippen molar-refractivity contribution in [1.82, 2.24) is 39.9 Å². The van der Waals surface area contributed by atoms with Gasteiger partial charge in [-0.15, -0.1) is 0 Å². The number of nitrogens with zero attached hydrogens (tertiary/aromatic N) is 10. The smallest absolute Gasteiger partial charge is 2.00 e. The van der Waals surface area contributed by atoms with Gasteiger partial charge < -0.3 is 10.2 Å². The van der Waals surface area contributed by atoms with E-state index in [0.717, 1.165) is 113 Å². The molecule has 4 aromatic carbocycles. The molecule has 12 nitrogen and oxygen atoms in total. The Labute approximate surface area is 527 Å². The van der Waals surface area contributed by atoms with Crippen LogP contribution in [-0.4, -0.2) is 39.9 Å². The Hall–Kier alpha value is -7.91. The normalized spacial score (nSPS) is 13.0. The van der Waals surface area contributed by atoms with Crippen molar-refractivity contribution in [2.24, 2.45) is 0 Å². The molecule has 0 atom stereocenters. The molecule has 2 radical (unpaired) electrons. The van der Waals surface area contributed by atoms with Gasteiger partial charge in [-0.2, -0.15) is 10.5 Å². The van der Waals surface area contributed by atoms with Crippen LogP contribution in [0.5, 0.6) is 0 Å². The molecule has 28 heteroatoms. The van der Waals surface area contributed by atoms with Crippen LogP contribution in [0, 0.1) is 22.7 Å². The summed E-state index contributed by atoms with van der Waals surface area (Å²) in [5.74, 6) is 0. The van der Waals surface area contributed by atoms with Gasteiger partial charge in [0.2, 0.25) is 0 Å². The van der Waals surface area contributed by atoms with E-state index in [9.17, 15) is 60.6 Å². The molecule has 12 aromatic rings. The maximum Gasteiger partial charge on any atom is 2.00 e. The number of hydrogen-bond acceptors (Lipinski definition) is 12. The third kappa shape index (κ3) is 20.0. The molecular formula is C62H52Co2F12N10O2P2. The number of aromatic nitrogens is 8. The fourth-order valence-corrected chi connectivity index (χ4v) is 9.42. The van der Waals surface area contributed by atoms with Gasteiger partial charge in [0.05, 0.1) is 56.3 Å². The van der Waals surface area contributed by atoms with Gasteiger partial charge in [0.1, 0.15) is 0 Å². The van der Waals surface area contributed by atoms with E-state index in [1.807, 2.05) is 146 Å². The Kier molecular flexibility index (Phi) is 22.1. The van der Waals surface area contributed by atoms with Crippen LogP contribution in [0.4, 0.5) is 50.4 Å². The van der Waals surface area contributed by atoms with E-state index in [4.69, 9.17) is 30.5 Å². The van der Waals surface area contributed by atoms with Crippen molar-refractivity contribution in [3.05, 3.63) is 193 Å². The summed E-state index contributed by atoms with van der Waals surface area (Å²) >= 11 is 0. The van der Waals surface area contributed by atoms with Gasteiger partial charge in [-0.3, -0.25) is 39.9 Å². The maximum absolute atomic E-state index is 14.7. The zero-order chi connectivity index (χ0) is 64.5. The molecule has 0 saturated heterocycles. The molecule has 0 aliphatic carbocycles. The molecule has 0 amide bonds. The molecular weight excluding hydrogens is 1320 g/mol. The monoisotopic (exact) mass is 1380 g/mol. The average molecular weight is 1380 g/mol. The number of halogens is 12. The van der Waals surface area contributed by atoms with E-state index in [0.29, 0.717) is 35.6 Å². The first kappa shape index (κ1) is 72.8. The summed E-state index contributed by atoms with van der Waals surface area (Å²) < 4.78 is 118. The second-order valence-corrected chi connectivity index (χ2v) is 23.7. The zero-order valence-electron chi connectivity index (χ0n) is 47.8. The topological polar surface area (TPSA) is 197 Å². The molecule has 0 saturated carbocycles. The molecule has 0 aliphatic rings. The Balaban J connectivity index is 0.000000248. The van der Waals surface area contributed by atoms with E-state index >= 15 is 0 Å². The summed E-state index contributed by atoms with van der Waals surface area (Å²) in [6, 6.07) is 50.8. The van der Waals surface area contributed by atoms with Crippen LogP contribution in [0.15, 0.2) is 170 Å². The van der Waals surface area contributed by atoms with E-state index in [1.54, 1.807) is 36.9 Å². The Morgan fingerprint density at radius 3 is 0.689 bits per heavy atom. The molecule has 0 unspecified atom stereocenters. The zero-order valence-corrected chi connectivity index (χ0v) is 51.7. The third-order valence-corrected chi connectivity index (χ3v) is 13.1. The van der Waals surface area contributed by atoms with Crippen LogP contribution in [0.1, 0.15) is 89.0 Å². The van der Waals surface area contributed by atoms with Crippen LogP contribution >= 0.6 is 15.6 Å². The van der Waals surface area contributed by atoms with Crippen LogP contribution in [-0.2, 0) is 44.8 Å². The number of nitriles is 2. The van der Waals surface area contributed by atoms with Crippen LogP contribution in [0.2, 0.25) is 0 Å². The van der Waals surface area contributed by atoms with E-state index < -0.39 is 26.8 Å². The summed E-state index contributed by atoms with van der Waals surface area (Å²) in [5, 5.41) is 51.8. The summed E-state index contributed by atoms with van der Waals surface area (Å²) in [4.78, 5) is 37.9. The van der Waals surface area contributed by atoms with Crippen LogP contribution in [0.3, 0.4) is 0 Å². The number of pyridine rings is 8. The molecule has 0 bridgehead atoms. The predicted octanol–water partition coefficient (Wildman–Crippen LogP) is 19.2. The number of benzene rings is 4. The standard InChI is InChI=1S/2C29H23N4O.2C2H3N.2Co.2F6P/c2*1-2-3-16-29(34,23-14-12-21-10-8-19-6-4-17-30-25(19)27(21)32-23)24-15-13-22-11-9-20-7-5-18-31-26(20)28(22)33-24;2*1-2-3;;;2*1-7(2,3,4,5)6/h2*4-15,17-18H,2-3,16H2,1H3;2*1H3;;;;/q2*-1;;;2*+2;2*-1. The second-order valence-electron chi connectivity index (χ2n) is 19.9. The molecule has 12 rings (SSSR count). The Morgan fingerprint density at radius 1 is 0.344 bits per heavy atom. The third-order valence-electron chi connectivity index (χ3n) is 13.1. The van der Waals surface area contributed by atoms with Crippen LogP contribution < -0.4 is 10.2 Å². The van der Waals surface area contributed by atoms with E-state index in [2.05, 4.69) is 33.8 Å². The van der Waals surface area contributed by atoms with Gasteiger partial charge in [0, 0.05) is 105 Å². The fraction of sp³-hybridized carbons (Fsp3) is 0.194. The van der Waals surface area contributed by atoms with Gasteiger partial charge in [-0.05, 0) is 59.7 Å². The largest absolute Gasteiger partial charge is 2.00 e. The van der Waals surface area contributed by atoms with Crippen LogP contribution in [0.25, 0.3) is 87.2 Å². The van der Waals surface area contributed by atoms with Gasteiger partial charge in [0.15, 0.2) is 0 Å². The Bertz CT molecular complexity index is 4080. The molecule has 0 fully saturated rings. The van der Waals surface area contributed by atoms with E-state index in [1.165, 1.54) is 13.8 Å². The minimum absolute atomic E-state index is 0. The second kappa shape index (κ2) is 27.3. The Morgan fingerprint density at radius 2 is 0.511 bits per heavy atom. The fourth-order valence-electron chi connectivity index (χ4n) is 9.42. The molecule has 0 N–H and O–H groups in total. The van der Waals surface area contributed by atoms with Gasteiger partial charge >= 0.3 is 99.5 Å². The molecule has 0 spiro atoms. The minimum Gasteiger partial charge on any atom is 2.00 e. The van der Waals surface area contributed by atoms with Gasteiger partial charge in [0.25, 0.3) is 0 Å². The summed E-state index contributed by atoms with van der Waals surface area (Å²) in [5.41, 5.74) is 4.99. The first-order valence-electron chi connectivity index (χ1n) is 26.8. The predicted molar refractivity (Wildman–Crippen MR) is 318 cm³/mol. The average Bonchev–Trinajstić information content (AvgIpc) is 1.04. The van der Waals surface area contributed by atoms with Gasteiger partial charge in [-0.1, -0.05) is 149 Å². The maximum atomic E-state index is 14.7. The van der Waals surface area contributed by atoms with Crippen molar-refractivity contribution in [3.63, 3.8) is 0 Å². The molecule has 8 aromatic heterocycles. The number of unbranched alkanes of at least 4 members (excludes halogenated alkanes) is 2. The molecule has 0 aliphatic heterocycles. The molecule has 474 valence electrons. The molecule has 8 heterocycles. The minimum atomic E-state index is -10.7. The summed E-state index contributed by atoms with van der Waals surface area (Å²) in [7, 11) is -21.3. The van der Waals surface area contributed by atoms with Crippen molar-refractivity contribution in [2.45, 2.75) is 77.4 Å². The number of hydrogen-bond donors (Lipinski definition) is 0. The SMILES string of the molecule is CC#N.CC#N.CCCCC([O-])(c1ccc2ccc3cccnc3c2n1)c1ccc2ccc3cccnc3c2n1.CCCCC([O-])(c1ccc2ccc3cccnc3c2n1)c1ccc2ccc3cccnc3c2n1.F[P-](F)(F)(F)(F)F.F[P-](F)(F)(F)(F)F.[Co+2].[Co+2]. The van der Waals surface area contributed by atoms with Crippen molar-refractivity contribution in [3.8, 4) is 12.1 Å². The summed E-state index contributed by atoms with van der Waals surface area (Å²) in [6.45, 7) is 7.05. The van der Waals surface area contributed by atoms with Crippen molar-refractivity contribution >= 4 is 103 Å². The molecule has 90 heavy (non-hydrogen) atoms. The first-order valence-corrected chi connectivity index (χ1v) is 30.9. The van der Waals surface area contributed by atoms with Crippen molar-refractivity contribution < 1.29 is 94.1 Å². The van der Waals surface area contributed by atoms with Gasteiger partial charge in [-0.25, -0.2) is 0 Å². The first-order chi connectivity index (χ1) is 41.1. The summed E-state index contributed by atoms with van der Waals surface area (Å²) in [6.07, 6.45) is 11.3. The van der Waals surface area contributed by atoms with E-state index in [-0.39, 0.29) is 33.6 Å².